The van der Waals surface area contributed by atoms with Crippen LogP contribution >= 0.6 is 11.3 Å². The largest absolute Gasteiger partial charge is 0.488 e. The highest BCUT2D eigenvalue weighted by Crippen LogP contribution is 2.19. The normalized spacial score (nSPS) is 10.1. The highest BCUT2D eigenvalue weighted by molar-refractivity contribution is 7.15. The molecular formula is C10H10FN3OS. The summed E-state index contributed by atoms with van der Waals surface area (Å²) in [7, 11) is 0. The highest BCUT2D eigenvalue weighted by Gasteiger charge is 2.02. The molecule has 0 saturated carbocycles. The van der Waals surface area contributed by atoms with Crippen LogP contribution in [-0.2, 0) is 6.61 Å². The fourth-order valence-corrected chi connectivity index (χ4v) is 1.79. The van der Waals surface area contributed by atoms with Gasteiger partial charge in [-0.05, 0) is 12.1 Å². The van der Waals surface area contributed by atoms with Gasteiger partial charge in [0.05, 0.1) is 4.88 Å². The summed E-state index contributed by atoms with van der Waals surface area (Å²) in [5, 5.41) is 0.623. The lowest BCUT2D eigenvalue weighted by atomic mass is 10.3. The summed E-state index contributed by atoms with van der Waals surface area (Å²) < 4.78 is 18.2. The van der Waals surface area contributed by atoms with E-state index in [0.29, 0.717) is 17.5 Å². The predicted molar refractivity (Wildman–Crippen MR) is 60.7 cm³/mol. The van der Waals surface area contributed by atoms with Crippen molar-refractivity contribution >= 4 is 16.5 Å². The summed E-state index contributed by atoms with van der Waals surface area (Å²) in [4.78, 5) is 4.91. The van der Waals surface area contributed by atoms with Crippen LogP contribution in [0.25, 0.3) is 0 Å². The van der Waals surface area contributed by atoms with Crippen molar-refractivity contribution in [3.05, 3.63) is 41.2 Å². The third-order valence-electron chi connectivity index (χ3n) is 1.85. The molecule has 1 heterocycles. The van der Waals surface area contributed by atoms with E-state index < -0.39 is 0 Å². The lowest BCUT2D eigenvalue weighted by Gasteiger charge is -2.03. The molecule has 0 saturated heterocycles. The Morgan fingerprint density at radius 3 is 3.06 bits per heavy atom. The number of ether oxygens (including phenoxy) is 1. The number of hydrazine groups is 1. The molecule has 0 fully saturated rings. The van der Waals surface area contributed by atoms with Gasteiger partial charge in [0.15, 0.2) is 5.13 Å². The number of nitrogens with zero attached hydrogens (tertiary/aromatic N) is 1. The highest BCUT2D eigenvalue weighted by atomic mass is 32.1. The number of hydrogen-bond donors (Lipinski definition) is 2. The maximum atomic E-state index is 12.8. The molecule has 0 aliphatic carbocycles. The molecule has 1 aromatic heterocycles. The van der Waals surface area contributed by atoms with Gasteiger partial charge in [0, 0.05) is 12.3 Å². The molecule has 0 aliphatic heterocycles. The van der Waals surface area contributed by atoms with E-state index in [1.807, 2.05) is 0 Å². The zero-order valence-electron chi connectivity index (χ0n) is 8.31. The molecule has 0 radical (unpaired) electrons. The van der Waals surface area contributed by atoms with Crippen LogP contribution in [-0.4, -0.2) is 4.98 Å². The maximum Gasteiger partial charge on any atom is 0.197 e. The Balaban J connectivity index is 1.96. The van der Waals surface area contributed by atoms with E-state index in [1.54, 1.807) is 18.3 Å². The number of nitrogens with one attached hydrogen (secondary N) is 1. The topological polar surface area (TPSA) is 60.2 Å². The van der Waals surface area contributed by atoms with Crippen LogP contribution in [0, 0.1) is 5.82 Å². The number of nitrogens with two attached hydrogens (primary N) is 1. The smallest absolute Gasteiger partial charge is 0.197 e. The summed E-state index contributed by atoms with van der Waals surface area (Å²) in [6.45, 7) is 0.350. The monoisotopic (exact) mass is 239 g/mol. The molecule has 0 bridgehead atoms. The molecule has 2 aromatic rings. The number of anilines is 1. The molecule has 6 heteroatoms. The number of aromatic nitrogens is 1. The minimum atomic E-state index is -0.314. The Hall–Kier alpha value is -1.66. The lowest BCUT2D eigenvalue weighted by molar-refractivity contribution is 0.308. The minimum Gasteiger partial charge on any atom is -0.488 e. The first kappa shape index (κ1) is 10.8. The standard InChI is InChI=1S/C10H10FN3OS/c11-7-2-1-3-8(4-7)15-6-9-5-13-10(14-12)16-9/h1-5H,6,12H2,(H,13,14). The van der Waals surface area contributed by atoms with E-state index in [-0.39, 0.29) is 5.82 Å². The van der Waals surface area contributed by atoms with Gasteiger partial charge in [0.1, 0.15) is 18.2 Å². The Kier molecular flexibility index (Phi) is 3.33. The molecule has 0 amide bonds. The molecule has 4 nitrogen and oxygen atoms in total. The summed E-state index contributed by atoms with van der Waals surface area (Å²) in [5.41, 5.74) is 2.45. The van der Waals surface area contributed by atoms with Gasteiger partial charge in [0.25, 0.3) is 0 Å². The molecule has 3 N–H and O–H groups in total. The van der Waals surface area contributed by atoms with Gasteiger partial charge in [-0.15, -0.1) is 0 Å². The number of thiazole rings is 1. The molecule has 0 aliphatic rings. The van der Waals surface area contributed by atoms with Gasteiger partial charge in [-0.1, -0.05) is 17.4 Å². The van der Waals surface area contributed by atoms with Crippen molar-refractivity contribution in [1.82, 2.24) is 4.98 Å². The van der Waals surface area contributed by atoms with Gasteiger partial charge in [-0.25, -0.2) is 15.2 Å². The first-order valence-electron chi connectivity index (χ1n) is 4.57. The van der Waals surface area contributed by atoms with E-state index in [1.165, 1.54) is 23.5 Å². The van der Waals surface area contributed by atoms with Crippen LogP contribution in [0.4, 0.5) is 9.52 Å². The van der Waals surface area contributed by atoms with Gasteiger partial charge in [-0.3, -0.25) is 5.43 Å². The van der Waals surface area contributed by atoms with Crippen LogP contribution in [0.1, 0.15) is 4.88 Å². The van der Waals surface area contributed by atoms with Gasteiger partial charge < -0.3 is 4.74 Å². The number of hydrogen-bond acceptors (Lipinski definition) is 5. The Labute approximate surface area is 95.9 Å². The van der Waals surface area contributed by atoms with E-state index in [2.05, 4.69) is 10.4 Å². The average molecular weight is 239 g/mol. The molecule has 0 atom stereocenters. The quantitative estimate of drug-likeness (QED) is 0.634. The van der Waals surface area contributed by atoms with Crippen molar-refractivity contribution in [2.75, 3.05) is 5.43 Å². The van der Waals surface area contributed by atoms with Crippen LogP contribution < -0.4 is 16.0 Å². The van der Waals surface area contributed by atoms with E-state index in [4.69, 9.17) is 10.6 Å². The minimum absolute atomic E-state index is 0.314. The molecule has 1 aromatic carbocycles. The average Bonchev–Trinajstić information content (AvgIpc) is 2.74. The predicted octanol–water partition coefficient (Wildman–Crippen LogP) is 2.15. The number of nitrogen functional groups attached to an aromatic ring is 1. The van der Waals surface area contributed by atoms with Crippen LogP contribution in [0.5, 0.6) is 5.75 Å². The zero-order chi connectivity index (χ0) is 11.4. The van der Waals surface area contributed by atoms with E-state index >= 15 is 0 Å². The Morgan fingerprint density at radius 1 is 1.50 bits per heavy atom. The number of halogens is 1. The van der Waals surface area contributed by atoms with Gasteiger partial charge in [0.2, 0.25) is 0 Å². The van der Waals surface area contributed by atoms with Crippen LogP contribution in [0.3, 0.4) is 0 Å². The molecule has 2 rings (SSSR count). The van der Waals surface area contributed by atoms with Crippen molar-refractivity contribution in [3.8, 4) is 5.75 Å². The summed E-state index contributed by atoms with van der Waals surface area (Å²) >= 11 is 1.39. The zero-order valence-corrected chi connectivity index (χ0v) is 9.13. The Morgan fingerprint density at radius 2 is 2.38 bits per heavy atom. The van der Waals surface area contributed by atoms with E-state index in [0.717, 1.165) is 4.88 Å². The third kappa shape index (κ3) is 2.68. The summed E-state index contributed by atoms with van der Waals surface area (Å²) in [6, 6.07) is 6.01. The second kappa shape index (κ2) is 4.91. The first-order valence-corrected chi connectivity index (χ1v) is 5.39. The Bertz CT molecular complexity index is 475. The SMILES string of the molecule is NNc1ncc(COc2cccc(F)c2)s1. The van der Waals surface area contributed by atoms with Crippen molar-refractivity contribution in [3.63, 3.8) is 0 Å². The lowest BCUT2D eigenvalue weighted by Crippen LogP contribution is -2.05. The van der Waals surface area contributed by atoms with Gasteiger partial charge in [-0.2, -0.15) is 0 Å². The molecule has 84 valence electrons. The van der Waals surface area contributed by atoms with Crippen LogP contribution in [0.15, 0.2) is 30.5 Å². The fraction of sp³-hybridized carbons (Fsp3) is 0.100. The molecular weight excluding hydrogens is 229 g/mol. The van der Waals surface area contributed by atoms with Crippen molar-refractivity contribution in [1.29, 1.82) is 0 Å². The molecule has 16 heavy (non-hydrogen) atoms. The van der Waals surface area contributed by atoms with Gasteiger partial charge >= 0.3 is 0 Å². The number of benzene rings is 1. The second-order valence-corrected chi connectivity index (χ2v) is 4.14. The van der Waals surface area contributed by atoms with Crippen LogP contribution in [0.2, 0.25) is 0 Å². The maximum absolute atomic E-state index is 12.8. The van der Waals surface area contributed by atoms with E-state index in [9.17, 15) is 4.39 Å². The second-order valence-electron chi connectivity index (χ2n) is 3.02. The summed E-state index contributed by atoms with van der Waals surface area (Å²) in [6.07, 6.45) is 1.67. The van der Waals surface area contributed by atoms with Crippen molar-refractivity contribution in [2.45, 2.75) is 6.61 Å². The molecule has 0 spiro atoms. The van der Waals surface area contributed by atoms with Crippen molar-refractivity contribution < 1.29 is 9.13 Å². The third-order valence-corrected chi connectivity index (χ3v) is 2.76. The number of rotatable bonds is 4. The van der Waals surface area contributed by atoms with Crippen molar-refractivity contribution in [2.24, 2.45) is 5.84 Å². The first-order chi connectivity index (χ1) is 7.78. The molecule has 0 unspecified atom stereocenters. The fourth-order valence-electron chi connectivity index (χ4n) is 1.15. The summed E-state index contributed by atoms with van der Waals surface area (Å²) in [5.74, 6) is 5.38.